The van der Waals surface area contributed by atoms with Crippen LogP contribution < -0.4 is 3.97 Å². The predicted molar refractivity (Wildman–Crippen MR) is 73.6 cm³/mol. The molecule has 2 aromatic heterocycles. The summed E-state index contributed by atoms with van der Waals surface area (Å²) in [5, 5.41) is 18.3. The highest BCUT2D eigenvalue weighted by Gasteiger charge is 2.16. The number of nitrogens with zero attached hydrogens (tertiary/aromatic N) is 2. The number of aromatic carboxylic acids is 2. The van der Waals surface area contributed by atoms with Gasteiger partial charge in [-0.25, -0.2) is 14.6 Å². The minimum atomic E-state index is -1.05. The van der Waals surface area contributed by atoms with E-state index < -0.39 is 11.9 Å². The molecular formula is C12H9N2O4S2+. The molecule has 2 heterocycles. The van der Waals surface area contributed by atoms with Gasteiger partial charge < -0.3 is 10.2 Å². The lowest BCUT2D eigenvalue weighted by molar-refractivity contribution is -0.491. The molecule has 0 aliphatic rings. The summed E-state index contributed by atoms with van der Waals surface area (Å²) < 4.78 is 1.58. The third-order valence-electron chi connectivity index (χ3n) is 2.23. The Kier molecular flexibility index (Phi) is 4.59. The Morgan fingerprint density at radius 1 is 1.15 bits per heavy atom. The minimum absolute atomic E-state index is 0.111. The van der Waals surface area contributed by atoms with Crippen molar-refractivity contribution in [3.05, 3.63) is 54.0 Å². The fourth-order valence-electron chi connectivity index (χ4n) is 1.33. The molecule has 8 heteroatoms. The van der Waals surface area contributed by atoms with Crippen LogP contribution in [-0.2, 0) is 0 Å². The number of carbonyl (C=O) groups is 2. The van der Waals surface area contributed by atoms with Gasteiger partial charge in [0.25, 0.3) is 0 Å². The third-order valence-corrected chi connectivity index (χ3v) is 4.40. The summed E-state index contributed by atoms with van der Waals surface area (Å²) in [5.41, 5.74) is 0.264. The summed E-state index contributed by atoms with van der Waals surface area (Å²) in [6, 6.07) is 6.11. The predicted octanol–water partition coefficient (Wildman–Crippen LogP) is 1.97. The van der Waals surface area contributed by atoms with Crippen LogP contribution in [0.4, 0.5) is 0 Å². The maximum atomic E-state index is 11.0. The molecule has 2 N–H and O–H groups in total. The Morgan fingerprint density at radius 2 is 1.95 bits per heavy atom. The molecule has 0 aliphatic heterocycles. The molecular weight excluding hydrogens is 300 g/mol. The lowest BCUT2D eigenvalue weighted by Gasteiger charge is -2.00. The van der Waals surface area contributed by atoms with Crippen LogP contribution in [-0.4, -0.2) is 27.1 Å². The second-order valence-corrected chi connectivity index (χ2v) is 5.65. The van der Waals surface area contributed by atoms with Crippen LogP contribution in [0.2, 0.25) is 0 Å². The molecule has 0 aromatic carbocycles. The number of carboxylic acids is 2. The van der Waals surface area contributed by atoms with Crippen molar-refractivity contribution in [1.29, 1.82) is 0 Å². The second-order valence-electron chi connectivity index (χ2n) is 3.58. The molecule has 0 spiro atoms. The Hall–Kier alpha value is -2.06. The van der Waals surface area contributed by atoms with Gasteiger partial charge >= 0.3 is 11.9 Å². The zero-order chi connectivity index (χ0) is 14.5. The molecule has 0 bridgehead atoms. The Labute approximate surface area is 122 Å². The van der Waals surface area contributed by atoms with Crippen molar-refractivity contribution < 1.29 is 23.8 Å². The van der Waals surface area contributed by atoms with Crippen LogP contribution in [0.25, 0.3) is 0 Å². The fraction of sp³-hybridized carbons (Fsp3) is 0. The van der Waals surface area contributed by atoms with Crippen molar-refractivity contribution in [2.75, 3.05) is 0 Å². The zero-order valence-corrected chi connectivity index (χ0v) is 11.6. The smallest absolute Gasteiger partial charge is 0.341 e. The zero-order valence-electron chi connectivity index (χ0n) is 9.96. The van der Waals surface area contributed by atoms with E-state index in [0.717, 1.165) is 10.8 Å². The van der Waals surface area contributed by atoms with Gasteiger partial charge in [0.2, 0.25) is 11.0 Å². The Balaban J connectivity index is 2.15. The summed E-state index contributed by atoms with van der Waals surface area (Å²) in [6.07, 6.45) is 4.63. The largest absolute Gasteiger partial charge is 0.478 e. The first-order valence-corrected chi connectivity index (χ1v) is 7.46. The summed E-state index contributed by atoms with van der Waals surface area (Å²) in [5.74, 6) is -2.07. The number of hydrogen-bond donors (Lipinski definition) is 2. The summed E-state index contributed by atoms with van der Waals surface area (Å²) in [7, 11) is 2.32. The average Bonchev–Trinajstić information content (AvgIpc) is 2.45. The van der Waals surface area contributed by atoms with Crippen LogP contribution in [0, 0.1) is 0 Å². The maximum absolute atomic E-state index is 11.0. The molecule has 102 valence electrons. The lowest BCUT2D eigenvalue weighted by Crippen LogP contribution is -2.24. The molecule has 0 saturated heterocycles. The van der Waals surface area contributed by atoms with E-state index in [9.17, 15) is 9.59 Å². The molecule has 0 saturated carbocycles. The number of aromatic nitrogens is 2. The van der Waals surface area contributed by atoms with E-state index >= 15 is 0 Å². The molecule has 0 unspecified atom stereocenters. The Bertz CT molecular complexity index is 663. The SMILES string of the molecule is O=C(O)c1ccc[n+](SSc2ncccc2C(=O)O)c1. The number of rotatable bonds is 5. The van der Waals surface area contributed by atoms with E-state index in [1.54, 1.807) is 22.3 Å². The molecule has 0 atom stereocenters. The molecule has 0 radical (unpaired) electrons. The van der Waals surface area contributed by atoms with Gasteiger partial charge in [0.05, 0.1) is 5.56 Å². The van der Waals surface area contributed by atoms with Crippen LogP contribution in [0.1, 0.15) is 20.7 Å². The second kappa shape index (κ2) is 6.40. The van der Waals surface area contributed by atoms with Crippen LogP contribution in [0.15, 0.2) is 47.9 Å². The fourth-order valence-corrected chi connectivity index (χ4v) is 3.25. The highest BCUT2D eigenvalue weighted by molar-refractivity contribution is 8.74. The monoisotopic (exact) mass is 309 g/mol. The molecule has 0 fully saturated rings. The third kappa shape index (κ3) is 3.49. The van der Waals surface area contributed by atoms with Gasteiger partial charge in [-0.15, -0.1) is 3.97 Å². The number of hydrogen-bond acceptors (Lipinski definition) is 5. The van der Waals surface area contributed by atoms with Crippen LogP contribution in [0.5, 0.6) is 0 Å². The molecule has 0 aliphatic carbocycles. The first-order chi connectivity index (χ1) is 9.58. The molecule has 20 heavy (non-hydrogen) atoms. The highest BCUT2D eigenvalue weighted by atomic mass is 33.1. The van der Waals surface area contributed by atoms with Gasteiger partial charge in [0.1, 0.15) is 10.6 Å². The number of carboxylic acid groups (broad SMARTS) is 2. The summed E-state index contributed by atoms with van der Waals surface area (Å²) in [6.45, 7) is 0. The van der Waals surface area contributed by atoms with E-state index in [-0.39, 0.29) is 11.1 Å². The molecule has 2 rings (SSSR count). The van der Waals surface area contributed by atoms with E-state index in [1.807, 2.05) is 0 Å². The lowest BCUT2D eigenvalue weighted by atomic mass is 10.3. The van der Waals surface area contributed by atoms with Gasteiger partial charge in [-0.1, -0.05) is 0 Å². The van der Waals surface area contributed by atoms with Gasteiger partial charge in [-0.2, -0.15) is 0 Å². The van der Waals surface area contributed by atoms with Gasteiger partial charge in [-0.05, 0) is 18.2 Å². The molecule has 6 nitrogen and oxygen atoms in total. The van der Waals surface area contributed by atoms with Gasteiger partial charge in [0.15, 0.2) is 12.4 Å². The van der Waals surface area contributed by atoms with Crippen LogP contribution in [0.3, 0.4) is 0 Å². The Morgan fingerprint density at radius 3 is 2.65 bits per heavy atom. The van der Waals surface area contributed by atoms with Crippen LogP contribution >= 0.6 is 21.8 Å². The van der Waals surface area contributed by atoms with Gasteiger partial charge in [0, 0.05) is 23.1 Å². The first kappa shape index (κ1) is 14.4. The minimum Gasteiger partial charge on any atom is -0.478 e. The van der Waals surface area contributed by atoms with Crippen molar-refractivity contribution in [3.8, 4) is 0 Å². The highest BCUT2D eigenvalue weighted by Crippen LogP contribution is 2.28. The van der Waals surface area contributed by atoms with Crippen molar-refractivity contribution in [2.24, 2.45) is 0 Å². The summed E-state index contributed by atoms with van der Waals surface area (Å²) in [4.78, 5) is 25.9. The molecule has 0 amide bonds. The van der Waals surface area contributed by atoms with Crippen molar-refractivity contribution in [3.63, 3.8) is 0 Å². The number of pyridine rings is 2. The standard InChI is InChI=1S/C12H8N2O4S2/c15-11(16)8-3-2-6-14(7-8)20-19-10-9(12(17)18)4-1-5-13-10/h1-7H,(H-,15,16,17,18)/p+1. The summed E-state index contributed by atoms with van der Waals surface area (Å²) >= 11 is 0. The maximum Gasteiger partial charge on any atom is 0.341 e. The average molecular weight is 309 g/mol. The van der Waals surface area contributed by atoms with Gasteiger partial charge in [-0.3, -0.25) is 0 Å². The topological polar surface area (TPSA) is 91.4 Å². The van der Waals surface area contributed by atoms with E-state index in [0.29, 0.717) is 5.03 Å². The normalized spacial score (nSPS) is 10.2. The quantitative estimate of drug-likeness (QED) is 0.644. The first-order valence-electron chi connectivity index (χ1n) is 5.36. The van der Waals surface area contributed by atoms with Crippen molar-refractivity contribution in [1.82, 2.24) is 4.98 Å². The van der Waals surface area contributed by atoms with E-state index in [4.69, 9.17) is 10.2 Å². The van der Waals surface area contributed by atoms with Crippen molar-refractivity contribution >= 4 is 33.7 Å². The van der Waals surface area contributed by atoms with Crippen molar-refractivity contribution in [2.45, 2.75) is 5.03 Å². The molecule has 2 aromatic rings. The van der Waals surface area contributed by atoms with E-state index in [1.165, 1.54) is 35.5 Å². The van der Waals surface area contributed by atoms with E-state index in [2.05, 4.69) is 4.98 Å².